The number of amides is 2. The highest BCUT2D eigenvalue weighted by atomic mass is 16.2. The molecule has 4 rings (SSSR count). The molecule has 0 radical (unpaired) electrons. The van der Waals surface area contributed by atoms with Gasteiger partial charge in [-0.05, 0) is 26.7 Å². The molecule has 0 saturated carbocycles. The van der Waals surface area contributed by atoms with Crippen molar-refractivity contribution in [2.75, 3.05) is 18.4 Å². The van der Waals surface area contributed by atoms with Crippen LogP contribution in [0, 0.1) is 0 Å². The van der Waals surface area contributed by atoms with Crippen molar-refractivity contribution in [1.82, 2.24) is 20.0 Å². The predicted octanol–water partition coefficient (Wildman–Crippen LogP) is 0.365. The Bertz CT molecular complexity index is 545. The zero-order valence-corrected chi connectivity index (χ0v) is 12.4. The lowest BCUT2D eigenvalue weighted by Crippen LogP contribution is -2.63. The molecule has 2 atom stereocenters. The largest absolute Gasteiger partial charge is 0.329 e. The van der Waals surface area contributed by atoms with Crippen LogP contribution in [0.25, 0.3) is 0 Å². The maximum absolute atomic E-state index is 12.3. The Hall–Kier alpha value is -1.89. The minimum Gasteiger partial charge on any atom is -0.329 e. The van der Waals surface area contributed by atoms with Crippen LogP contribution < -0.4 is 10.6 Å². The summed E-state index contributed by atoms with van der Waals surface area (Å²) >= 11 is 0. The van der Waals surface area contributed by atoms with Gasteiger partial charge in [0, 0.05) is 43.5 Å². The SMILES string of the molecule is CC(C)n1ccc(NC(=O)C(=O)N2CC3CCC2CN3)n1. The molecule has 7 heteroatoms. The van der Waals surface area contributed by atoms with Crippen LogP contribution >= 0.6 is 0 Å². The summed E-state index contributed by atoms with van der Waals surface area (Å²) in [5.41, 5.74) is 0. The second-order valence-corrected chi connectivity index (χ2v) is 6.02. The predicted molar refractivity (Wildman–Crippen MR) is 77.8 cm³/mol. The summed E-state index contributed by atoms with van der Waals surface area (Å²) in [6.07, 6.45) is 3.84. The summed E-state index contributed by atoms with van der Waals surface area (Å²) in [5.74, 6) is -0.635. The van der Waals surface area contributed by atoms with Crippen molar-refractivity contribution >= 4 is 17.6 Å². The molecule has 2 amide bonds. The fourth-order valence-electron chi connectivity index (χ4n) is 2.95. The Morgan fingerprint density at radius 3 is 2.76 bits per heavy atom. The number of piperazine rings is 1. The zero-order chi connectivity index (χ0) is 15.0. The monoisotopic (exact) mass is 291 g/mol. The Morgan fingerprint density at radius 1 is 1.43 bits per heavy atom. The molecule has 3 saturated heterocycles. The van der Waals surface area contributed by atoms with Crippen LogP contribution in [-0.4, -0.2) is 51.7 Å². The van der Waals surface area contributed by atoms with Crippen molar-refractivity contribution in [1.29, 1.82) is 0 Å². The van der Waals surface area contributed by atoms with Gasteiger partial charge in [-0.2, -0.15) is 5.10 Å². The standard InChI is InChI=1S/C14H21N5O2/c1-9(2)19-6-5-12(17-19)16-13(20)14(21)18-8-10-3-4-11(18)7-15-10/h5-6,9-11,15H,3-4,7-8H2,1-2H3,(H,16,17,20). The molecule has 1 aromatic rings. The Labute approximate surface area is 123 Å². The number of rotatable bonds is 2. The normalized spacial score (nSPS) is 24.4. The molecule has 3 aliphatic heterocycles. The van der Waals surface area contributed by atoms with Crippen LogP contribution in [0.1, 0.15) is 32.7 Å². The summed E-state index contributed by atoms with van der Waals surface area (Å²) in [4.78, 5) is 26.1. The highest BCUT2D eigenvalue weighted by Crippen LogP contribution is 2.22. The van der Waals surface area contributed by atoms with Gasteiger partial charge in [-0.15, -0.1) is 0 Å². The molecule has 3 aliphatic rings. The number of piperidine rings is 2. The Balaban J connectivity index is 1.63. The topological polar surface area (TPSA) is 79.3 Å². The van der Waals surface area contributed by atoms with Crippen LogP contribution in [0.3, 0.4) is 0 Å². The van der Waals surface area contributed by atoms with Crippen molar-refractivity contribution in [3.05, 3.63) is 12.3 Å². The Kier molecular flexibility index (Phi) is 3.67. The lowest BCUT2D eigenvalue weighted by molar-refractivity contribution is -0.147. The molecule has 2 unspecified atom stereocenters. The first-order chi connectivity index (χ1) is 10.0. The van der Waals surface area contributed by atoms with Crippen LogP contribution in [0.4, 0.5) is 5.82 Å². The average molecular weight is 291 g/mol. The smallest absolute Gasteiger partial charge is 0.315 e. The lowest BCUT2D eigenvalue weighted by Gasteiger charge is -2.45. The van der Waals surface area contributed by atoms with E-state index in [9.17, 15) is 9.59 Å². The van der Waals surface area contributed by atoms with Crippen LogP contribution in [0.15, 0.2) is 12.3 Å². The van der Waals surface area contributed by atoms with E-state index in [1.807, 2.05) is 13.8 Å². The third-order valence-electron chi connectivity index (χ3n) is 4.18. The molecule has 1 aromatic heterocycles. The summed E-state index contributed by atoms with van der Waals surface area (Å²) in [5, 5.41) is 10.2. The van der Waals surface area contributed by atoms with Crippen molar-refractivity contribution < 1.29 is 9.59 Å². The lowest BCUT2D eigenvalue weighted by atomic mass is 9.93. The van der Waals surface area contributed by atoms with Crippen molar-refractivity contribution in [3.63, 3.8) is 0 Å². The van der Waals surface area contributed by atoms with E-state index in [1.54, 1.807) is 21.8 Å². The van der Waals surface area contributed by atoms with E-state index in [2.05, 4.69) is 15.7 Å². The van der Waals surface area contributed by atoms with Crippen LogP contribution in [-0.2, 0) is 9.59 Å². The van der Waals surface area contributed by atoms with E-state index >= 15 is 0 Å². The third kappa shape index (κ3) is 2.78. The minimum absolute atomic E-state index is 0.140. The summed E-state index contributed by atoms with van der Waals surface area (Å²) < 4.78 is 1.74. The van der Waals surface area contributed by atoms with E-state index in [-0.39, 0.29) is 12.1 Å². The summed E-state index contributed by atoms with van der Waals surface area (Å²) in [7, 11) is 0. The van der Waals surface area contributed by atoms with Crippen molar-refractivity contribution in [2.45, 2.75) is 44.8 Å². The van der Waals surface area contributed by atoms with Crippen molar-refractivity contribution in [3.8, 4) is 0 Å². The van der Waals surface area contributed by atoms with Gasteiger partial charge in [0.15, 0.2) is 5.82 Å². The highest BCUT2D eigenvalue weighted by Gasteiger charge is 2.38. The first kappa shape index (κ1) is 14.1. The van der Waals surface area contributed by atoms with Gasteiger partial charge in [0.2, 0.25) is 0 Å². The number of carbonyl (C=O) groups is 2. The number of hydrogen-bond donors (Lipinski definition) is 2. The first-order valence-corrected chi connectivity index (χ1v) is 7.45. The fourth-order valence-corrected chi connectivity index (χ4v) is 2.95. The van der Waals surface area contributed by atoms with Gasteiger partial charge >= 0.3 is 11.8 Å². The molecular formula is C14H21N5O2. The maximum Gasteiger partial charge on any atom is 0.315 e. The summed E-state index contributed by atoms with van der Waals surface area (Å²) in [6, 6.07) is 2.39. The number of carbonyl (C=O) groups excluding carboxylic acids is 2. The van der Waals surface area contributed by atoms with E-state index in [1.165, 1.54) is 0 Å². The molecule has 7 nitrogen and oxygen atoms in total. The van der Waals surface area contributed by atoms with E-state index in [0.29, 0.717) is 18.4 Å². The van der Waals surface area contributed by atoms with Gasteiger partial charge in [0.25, 0.3) is 0 Å². The number of nitrogens with one attached hydrogen (secondary N) is 2. The molecule has 0 aliphatic carbocycles. The number of anilines is 1. The molecule has 21 heavy (non-hydrogen) atoms. The molecule has 4 heterocycles. The van der Waals surface area contributed by atoms with E-state index in [0.717, 1.165) is 19.4 Å². The molecule has 2 bridgehead atoms. The molecular weight excluding hydrogens is 270 g/mol. The Morgan fingerprint density at radius 2 is 2.24 bits per heavy atom. The number of aromatic nitrogens is 2. The molecule has 114 valence electrons. The number of nitrogens with zero attached hydrogens (tertiary/aromatic N) is 3. The van der Waals surface area contributed by atoms with Crippen LogP contribution in [0.2, 0.25) is 0 Å². The van der Waals surface area contributed by atoms with E-state index < -0.39 is 11.8 Å². The van der Waals surface area contributed by atoms with E-state index in [4.69, 9.17) is 0 Å². The van der Waals surface area contributed by atoms with Gasteiger partial charge < -0.3 is 15.5 Å². The first-order valence-electron chi connectivity index (χ1n) is 7.45. The average Bonchev–Trinajstić information content (AvgIpc) is 2.96. The third-order valence-corrected chi connectivity index (χ3v) is 4.18. The fraction of sp³-hybridized carbons (Fsp3) is 0.643. The van der Waals surface area contributed by atoms with Gasteiger partial charge in [-0.1, -0.05) is 0 Å². The number of hydrogen-bond acceptors (Lipinski definition) is 4. The highest BCUT2D eigenvalue weighted by molar-refractivity contribution is 6.39. The summed E-state index contributed by atoms with van der Waals surface area (Å²) in [6.45, 7) is 5.41. The van der Waals surface area contributed by atoms with Gasteiger partial charge in [0.1, 0.15) is 0 Å². The molecule has 0 aromatic carbocycles. The number of fused-ring (bicyclic) bond motifs is 3. The molecule has 0 spiro atoms. The van der Waals surface area contributed by atoms with Crippen LogP contribution in [0.5, 0.6) is 0 Å². The minimum atomic E-state index is -0.600. The second kappa shape index (κ2) is 5.48. The van der Waals surface area contributed by atoms with Gasteiger partial charge in [0.05, 0.1) is 0 Å². The maximum atomic E-state index is 12.3. The van der Waals surface area contributed by atoms with Gasteiger partial charge in [-0.25, -0.2) is 0 Å². The quantitative estimate of drug-likeness (QED) is 0.771. The molecule has 2 N–H and O–H groups in total. The van der Waals surface area contributed by atoms with Crippen molar-refractivity contribution in [2.24, 2.45) is 0 Å². The second-order valence-electron chi connectivity index (χ2n) is 6.02. The van der Waals surface area contributed by atoms with Gasteiger partial charge in [-0.3, -0.25) is 14.3 Å². The zero-order valence-electron chi connectivity index (χ0n) is 12.4. The molecule has 3 fully saturated rings.